The van der Waals surface area contributed by atoms with E-state index in [0.29, 0.717) is 0 Å². The molecule has 5 nitrogen and oxygen atoms in total. The molecule has 2 rings (SSSR count). The van der Waals surface area contributed by atoms with Gasteiger partial charge in [0.05, 0.1) is 6.04 Å². The first-order valence-corrected chi connectivity index (χ1v) is 7.89. The van der Waals surface area contributed by atoms with Crippen LogP contribution in [0, 0.1) is 0 Å². The van der Waals surface area contributed by atoms with Gasteiger partial charge in [-0.2, -0.15) is 0 Å². The maximum atomic E-state index is 12.0. The number of nitrogens with zero attached hydrogens (tertiary/aromatic N) is 2. The summed E-state index contributed by atoms with van der Waals surface area (Å²) in [6.07, 6.45) is 6.17. The lowest BCUT2D eigenvalue weighted by Crippen LogP contribution is -2.48. The van der Waals surface area contributed by atoms with Crippen LogP contribution in [0.4, 0.5) is 5.82 Å². The van der Waals surface area contributed by atoms with Crippen LogP contribution in [0.3, 0.4) is 0 Å². The number of likely N-dealkylation sites (tertiary alicyclic amines) is 1. The van der Waals surface area contributed by atoms with E-state index in [1.54, 1.807) is 7.05 Å². The second kappa shape index (κ2) is 7.98. The van der Waals surface area contributed by atoms with Crippen LogP contribution in [-0.4, -0.2) is 42.0 Å². The maximum Gasteiger partial charge on any atom is 0.237 e. The molecule has 0 aliphatic carbocycles. The number of piperidine rings is 1. The summed E-state index contributed by atoms with van der Waals surface area (Å²) in [5.74, 6) is 1.05. The van der Waals surface area contributed by atoms with E-state index in [1.807, 2.05) is 12.3 Å². The Morgan fingerprint density at radius 2 is 2.33 bits per heavy atom. The van der Waals surface area contributed by atoms with E-state index in [4.69, 9.17) is 0 Å². The van der Waals surface area contributed by atoms with Crippen LogP contribution in [0.1, 0.15) is 38.2 Å². The number of anilines is 1. The van der Waals surface area contributed by atoms with Crippen LogP contribution < -0.4 is 10.6 Å². The Bertz CT molecular complexity index is 463. The molecular formula is C16H26N4O. The zero-order chi connectivity index (χ0) is 15.1. The van der Waals surface area contributed by atoms with Crippen LogP contribution in [-0.2, 0) is 11.3 Å². The lowest BCUT2D eigenvalue weighted by Gasteiger charge is -2.34. The summed E-state index contributed by atoms with van der Waals surface area (Å²) in [4.78, 5) is 18.6. The molecule has 1 amide bonds. The molecule has 1 saturated heterocycles. The number of nitrogens with one attached hydrogen (secondary N) is 2. The number of rotatable bonds is 6. The Morgan fingerprint density at radius 1 is 1.48 bits per heavy atom. The summed E-state index contributed by atoms with van der Waals surface area (Å²) in [5.41, 5.74) is 1.21. The van der Waals surface area contributed by atoms with Crippen LogP contribution in [0.5, 0.6) is 0 Å². The fraction of sp³-hybridized carbons (Fsp3) is 0.625. The Labute approximate surface area is 127 Å². The van der Waals surface area contributed by atoms with Gasteiger partial charge in [0.2, 0.25) is 5.91 Å². The molecule has 0 bridgehead atoms. The predicted molar refractivity (Wildman–Crippen MR) is 85.1 cm³/mol. The summed E-state index contributed by atoms with van der Waals surface area (Å²) in [6.45, 7) is 4.86. The molecule has 5 heteroatoms. The Morgan fingerprint density at radius 3 is 3.10 bits per heavy atom. The molecule has 1 fully saturated rings. The molecule has 1 unspecified atom stereocenters. The molecule has 0 radical (unpaired) electrons. The van der Waals surface area contributed by atoms with Gasteiger partial charge >= 0.3 is 0 Å². The summed E-state index contributed by atoms with van der Waals surface area (Å²) >= 11 is 0. The normalized spacial score (nSPS) is 19.2. The molecule has 0 aromatic carbocycles. The minimum atomic E-state index is 0.00367. The Balaban J connectivity index is 2.03. The van der Waals surface area contributed by atoms with Gasteiger partial charge in [-0.1, -0.05) is 13.3 Å². The lowest BCUT2D eigenvalue weighted by molar-refractivity contribution is -0.127. The summed E-state index contributed by atoms with van der Waals surface area (Å²) < 4.78 is 0. The largest absolute Gasteiger partial charge is 0.370 e. The topological polar surface area (TPSA) is 57.3 Å². The highest BCUT2D eigenvalue weighted by molar-refractivity contribution is 5.81. The minimum absolute atomic E-state index is 0.00367. The Kier molecular flexibility index (Phi) is 5.99. The van der Waals surface area contributed by atoms with E-state index in [1.165, 1.54) is 12.0 Å². The third-order valence-electron chi connectivity index (χ3n) is 3.93. The van der Waals surface area contributed by atoms with Crippen molar-refractivity contribution in [3.05, 3.63) is 23.9 Å². The zero-order valence-corrected chi connectivity index (χ0v) is 13.1. The van der Waals surface area contributed by atoms with Gasteiger partial charge in [0.15, 0.2) is 0 Å². The van der Waals surface area contributed by atoms with Gasteiger partial charge in [0.25, 0.3) is 0 Å². The van der Waals surface area contributed by atoms with Crippen LogP contribution in [0.2, 0.25) is 0 Å². The van der Waals surface area contributed by atoms with Crippen LogP contribution in [0.15, 0.2) is 18.3 Å². The fourth-order valence-corrected chi connectivity index (χ4v) is 2.80. The molecule has 21 heavy (non-hydrogen) atoms. The minimum Gasteiger partial charge on any atom is -0.370 e. The smallest absolute Gasteiger partial charge is 0.237 e. The molecule has 1 aromatic heterocycles. The standard InChI is InChI=1S/C16H26N4O/c1-3-8-18-15-11-13(7-9-19-15)12-20-10-5-4-6-14(20)16(21)17-2/h7,9,11,14H,3-6,8,10,12H2,1-2H3,(H,17,21)(H,18,19). The number of carbonyl (C=O) groups is 1. The average Bonchev–Trinajstić information content (AvgIpc) is 2.53. The summed E-state index contributed by atoms with van der Waals surface area (Å²) in [7, 11) is 1.72. The molecule has 1 aliphatic rings. The number of likely N-dealkylation sites (N-methyl/N-ethyl adjacent to an activating group) is 1. The van der Waals surface area contributed by atoms with Crippen molar-refractivity contribution in [2.75, 3.05) is 25.5 Å². The van der Waals surface area contributed by atoms with Crippen molar-refractivity contribution >= 4 is 11.7 Å². The maximum absolute atomic E-state index is 12.0. The van der Waals surface area contributed by atoms with Crippen molar-refractivity contribution in [2.45, 2.75) is 45.2 Å². The second-order valence-corrected chi connectivity index (χ2v) is 5.57. The number of pyridine rings is 1. The van der Waals surface area contributed by atoms with Gasteiger partial charge in [-0.3, -0.25) is 9.69 Å². The fourth-order valence-electron chi connectivity index (χ4n) is 2.80. The van der Waals surface area contributed by atoms with Crippen molar-refractivity contribution in [1.29, 1.82) is 0 Å². The number of hydrogen-bond acceptors (Lipinski definition) is 4. The van der Waals surface area contributed by atoms with Crippen molar-refractivity contribution in [3.63, 3.8) is 0 Å². The monoisotopic (exact) mass is 290 g/mol. The zero-order valence-electron chi connectivity index (χ0n) is 13.1. The van der Waals surface area contributed by atoms with E-state index < -0.39 is 0 Å². The van der Waals surface area contributed by atoms with Gasteiger partial charge in [0.1, 0.15) is 5.82 Å². The Hall–Kier alpha value is -1.62. The highest BCUT2D eigenvalue weighted by atomic mass is 16.2. The first-order valence-electron chi connectivity index (χ1n) is 7.89. The number of carbonyl (C=O) groups excluding carboxylic acids is 1. The van der Waals surface area contributed by atoms with Crippen molar-refractivity contribution < 1.29 is 4.79 Å². The molecule has 116 valence electrons. The molecule has 2 N–H and O–H groups in total. The SMILES string of the molecule is CCCNc1cc(CN2CCCCC2C(=O)NC)ccn1. The molecule has 0 saturated carbocycles. The molecule has 0 spiro atoms. The molecule has 1 aromatic rings. The number of amides is 1. The van der Waals surface area contributed by atoms with E-state index in [9.17, 15) is 4.79 Å². The molecule has 2 heterocycles. The number of hydrogen-bond donors (Lipinski definition) is 2. The predicted octanol–water partition coefficient (Wildman–Crippen LogP) is 2.00. The first kappa shape index (κ1) is 15.8. The number of aromatic nitrogens is 1. The first-order chi connectivity index (χ1) is 10.2. The summed E-state index contributed by atoms with van der Waals surface area (Å²) in [6, 6.07) is 4.13. The highest BCUT2D eigenvalue weighted by Gasteiger charge is 2.27. The van der Waals surface area contributed by atoms with Crippen LogP contribution in [0.25, 0.3) is 0 Å². The third-order valence-corrected chi connectivity index (χ3v) is 3.93. The molecule has 1 aliphatic heterocycles. The van der Waals surface area contributed by atoms with Crippen molar-refractivity contribution in [2.24, 2.45) is 0 Å². The van der Waals surface area contributed by atoms with Gasteiger partial charge in [-0.05, 0) is 43.5 Å². The van der Waals surface area contributed by atoms with Gasteiger partial charge < -0.3 is 10.6 Å². The van der Waals surface area contributed by atoms with E-state index in [0.717, 1.165) is 44.7 Å². The van der Waals surface area contributed by atoms with E-state index >= 15 is 0 Å². The molecular weight excluding hydrogens is 264 g/mol. The van der Waals surface area contributed by atoms with Crippen molar-refractivity contribution in [3.8, 4) is 0 Å². The van der Waals surface area contributed by atoms with Crippen molar-refractivity contribution in [1.82, 2.24) is 15.2 Å². The van der Waals surface area contributed by atoms with Gasteiger partial charge in [0, 0.05) is 26.3 Å². The average molecular weight is 290 g/mol. The molecule has 1 atom stereocenters. The van der Waals surface area contributed by atoms with E-state index in [-0.39, 0.29) is 11.9 Å². The van der Waals surface area contributed by atoms with Gasteiger partial charge in [-0.15, -0.1) is 0 Å². The highest BCUT2D eigenvalue weighted by Crippen LogP contribution is 2.20. The van der Waals surface area contributed by atoms with E-state index in [2.05, 4.69) is 33.5 Å². The quantitative estimate of drug-likeness (QED) is 0.841. The van der Waals surface area contributed by atoms with Gasteiger partial charge in [-0.25, -0.2) is 4.98 Å². The lowest BCUT2D eigenvalue weighted by atomic mass is 10.0. The third kappa shape index (κ3) is 4.43. The second-order valence-electron chi connectivity index (χ2n) is 5.57. The van der Waals surface area contributed by atoms with Crippen LogP contribution >= 0.6 is 0 Å². The summed E-state index contributed by atoms with van der Waals surface area (Å²) in [5, 5.41) is 6.09.